The van der Waals surface area contributed by atoms with Crippen molar-refractivity contribution >= 4 is 15.8 Å². The highest BCUT2D eigenvalue weighted by Crippen LogP contribution is 2.27. The lowest BCUT2D eigenvalue weighted by Gasteiger charge is -2.29. The molecule has 1 fully saturated rings. The van der Waals surface area contributed by atoms with Crippen LogP contribution in [0.4, 0.5) is 0 Å². The first-order chi connectivity index (χ1) is 13.0. The standard InChI is InChI=1S/C22H28N2O2S/c1-17-13-15-21(16-14-17)27(26,23-18(2)19-9-5-3-6-10-19)24-22(25)20-11-7-4-8-12-20/h4,7-8,11-16,18-19H,3,5-6,9-10H2,1-2H3,(H,23,24,25,26). The number of benzene rings is 2. The molecule has 27 heavy (non-hydrogen) atoms. The molecule has 3 rings (SSSR count). The molecule has 1 aliphatic carbocycles. The first-order valence-corrected chi connectivity index (χ1v) is 11.2. The molecule has 0 radical (unpaired) electrons. The Morgan fingerprint density at radius 1 is 1.04 bits per heavy atom. The van der Waals surface area contributed by atoms with Crippen LogP contribution >= 0.6 is 0 Å². The lowest BCUT2D eigenvalue weighted by Crippen LogP contribution is -2.39. The Morgan fingerprint density at radius 2 is 1.67 bits per heavy atom. The summed E-state index contributed by atoms with van der Waals surface area (Å²) >= 11 is 0. The van der Waals surface area contributed by atoms with E-state index in [1.807, 2.05) is 25.1 Å². The van der Waals surface area contributed by atoms with Gasteiger partial charge in [-0.25, -0.2) is 8.93 Å². The van der Waals surface area contributed by atoms with Gasteiger partial charge in [0.1, 0.15) is 9.92 Å². The quantitative estimate of drug-likeness (QED) is 0.776. The average molecular weight is 385 g/mol. The maximum atomic E-state index is 13.8. The van der Waals surface area contributed by atoms with Crippen molar-refractivity contribution in [3.8, 4) is 0 Å². The van der Waals surface area contributed by atoms with Crippen LogP contribution in [-0.2, 0) is 9.92 Å². The van der Waals surface area contributed by atoms with E-state index in [9.17, 15) is 9.00 Å². The number of aryl methyl sites for hydroxylation is 1. The number of hydrogen-bond donors (Lipinski definition) is 1. The molecule has 0 aromatic heterocycles. The number of carbonyl (C=O) groups is 1. The van der Waals surface area contributed by atoms with Crippen LogP contribution < -0.4 is 4.72 Å². The zero-order chi connectivity index (χ0) is 19.3. The van der Waals surface area contributed by atoms with Crippen LogP contribution in [0.25, 0.3) is 0 Å². The molecule has 1 amide bonds. The highest BCUT2D eigenvalue weighted by molar-refractivity contribution is 7.92. The molecule has 5 heteroatoms. The Labute approximate surface area is 162 Å². The van der Waals surface area contributed by atoms with Crippen molar-refractivity contribution in [3.05, 3.63) is 65.7 Å². The molecule has 2 unspecified atom stereocenters. The smallest absolute Gasteiger partial charge is 0.266 e. The predicted molar refractivity (Wildman–Crippen MR) is 110 cm³/mol. The maximum absolute atomic E-state index is 13.8. The van der Waals surface area contributed by atoms with Gasteiger partial charge >= 0.3 is 0 Å². The molecule has 1 saturated carbocycles. The van der Waals surface area contributed by atoms with Crippen LogP contribution in [0.2, 0.25) is 0 Å². The summed E-state index contributed by atoms with van der Waals surface area (Å²) < 4.78 is 21.3. The molecule has 0 aliphatic heterocycles. The van der Waals surface area contributed by atoms with Gasteiger partial charge in [0.2, 0.25) is 0 Å². The number of amides is 1. The van der Waals surface area contributed by atoms with E-state index in [2.05, 4.69) is 16.0 Å². The van der Waals surface area contributed by atoms with Gasteiger partial charge < -0.3 is 0 Å². The van der Waals surface area contributed by atoms with E-state index in [1.165, 1.54) is 19.3 Å². The zero-order valence-electron chi connectivity index (χ0n) is 16.1. The molecule has 2 atom stereocenters. The van der Waals surface area contributed by atoms with Crippen LogP contribution in [0.3, 0.4) is 0 Å². The summed E-state index contributed by atoms with van der Waals surface area (Å²) in [6.45, 7) is 4.04. The van der Waals surface area contributed by atoms with Gasteiger partial charge in [-0.15, -0.1) is 4.36 Å². The summed E-state index contributed by atoms with van der Waals surface area (Å²) in [6, 6.07) is 16.3. The fraction of sp³-hybridized carbons (Fsp3) is 0.409. The van der Waals surface area contributed by atoms with Crippen molar-refractivity contribution in [3.63, 3.8) is 0 Å². The number of nitrogens with zero attached hydrogens (tertiary/aromatic N) is 1. The highest BCUT2D eigenvalue weighted by atomic mass is 32.2. The Morgan fingerprint density at radius 3 is 2.30 bits per heavy atom. The molecule has 0 spiro atoms. The Bertz CT molecular complexity index is 878. The average Bonchev–Trinajstić information content (AvgIpc) is 2.69. The summed E-state index contributed by atoms with van der Waals surface area (Å²) in [7, 11) is -3.05. The van der Waals surface area contributed by atoms with Gasteiger partial charge in [-0.1, -0.05) is 55.2 Å². The fourth-order valence-corrected chi connectivity index (χ4v) is 5.44. The Balaban J connectivity index is 1.95. The second-order valence-corrected chi connectivity index (χ2v) is 9.35. The minimum Gasteiger partial charge on any atom is -0.266 e. The minimum atomic E-state index is -3.05. The van der Waals surface area contributed by atoms with Gasteiger partial charge in [-0.05, 0) is 56.9 Å². The van der Waals surface area contributed by atoms with Crippen LogP contribution in [0.5, 0.6) is 0 Å². The second kappa shape index (κ2) is 8.81. The molecule has 1 aliphatic rings. The van der Waals surface area contributed by atoms with Gasteiger partial charge in [-0.3, -0.25) is 4.79 Å². The van der Waals surface area contributed by atoms with E-state index in [4.69, 9.17) is 0 Å². The molecular weight excluding hydrogens is 356 g/mol. The lowest BCUT2D eigenvalue weighted by molar-refractivity contribution is 0.100. The highest BCUT2D eigenvalue weighted by Gasteiger charge is 2.25. The van der Waals surface area contributed by atoms with Gasteiger partial charge in [0, 0.05) is 11.6 Å². The summed E-state index contributed by atoms with van der Waals surface area (Å²) in [5, 5.41) is 0. The second-order valence-electron chi connectivity index (χ2n) is 7.41. The SMILES string of the molecule is Cc1ccc(S(=O)(=NC(=O)c2ccccc2)NC(C)C2CCCCC2)cc1. The Hall–Kier alpha value is -1.98. The fourth-order valence-electron chi connectivity index (χ4n) is 3.60. The third kappa shape index (κ3) is 5.05. The van der Waals surface area contributed by atoms with Gasteiger partial charge in [0.05, 0.1) is 4.90 Å². The monoisotopic (exact) mass is 384 g/mol. The molecule has 2 aromatic carbocycles. The van der Waals surface area contributed by atoms with E-state index in [-0.39, 0.29) is 6.04 Å². The number of hydrogen-bond acceptors (Lipinski definition) is 2. The van der Waals surface area contributed by atoms with Crippen molar-refractivity contribution in [1.29, 1.82) is 0 Å². The summed E-state index contributed by atoms with van der Waals surface area (Å²) in [4.78, 5) is 13.2. The van der Waals surface area contributed by atoms with Crippen molar-refractivity contribution in [1.82, 2.24) is 4.72 Å². The van der Waals surface area contributed by atoms with Crippen LogP contribution in [0, 0.1) is 12.8 Å². The van der Waals surface area contributed by atoms with Crippen molar-refractivity contribution < 1.29 is 9.00 Å². The molecule has 1 N–H and O–H groups in total. The molecular formula is C22H28N2O2S. The van der Waals surface area contributed by atoms with Crippen LogP contribution in [0.15, 0.2) is 63.9 Å². The molecule has 0 saturated heterocycles. The molecule has 144 valence electrons. The maximum Gasteiger partial charge on any atom is 0.286 e. The first kappa shape index (κ1) is 19.8. The lowest BCUT2D eigenvalue weighted by atomic mass is 9.85. The third-order valence-corrected chi connectivity index (χ3v) is 7.30. The topological polar surface area (TPSA) is 58.5 Å². The van der Waals surface area contributed by atoms with Gasteiger partial charge in [0.25, 0.3) is 5.91 Å². The summed E-state index contributed by atoms with van der Waals surface area (Å²) in [6.07, 6.45) is 5.95. The normalized spacial score (nSPS) is 18.4. The summed E-state index contributed by atoms with van der Waals surface area (Å²) in [5.41, 5.74) is 1.53. The molecule has 2 aromatic rings. The number of carbonyl (C=O) groups excluding carboxylic acids is 1. The van der Waals surface area contributed by atoms with E-state index in [0.717, 1.165) is 18.4 Å². The molecule has 4 nitrogen and oxygen atoms in total. The van der Waals surface area contributed by atoms with Crippen LogP contribution in [0.1, 0.15) is 54.9 Å². The molecule has 0 bridgehead atoms. The zero-order valence-corrected chi connectivity index (χ0v) is 16.9. The minimum absolute atomic E-state index is 0.0337. The largest absolute Gasteiger partial charge is 0.286 e. The van der Waals surface area contributed by atoms with E-state index in [1.54, 1.807) is 36.4 Å². The van der Waals surface area contributed by atoms with Crippen molar-refractivity contribution in [2.24, 2.45) is 10.3 Å². The van der Waals surface area contributed by atoms with Crippen molar-refractivity contribution in [2.45, 2.75) is 56.9 Å². The van der Waals surface area contributed by atoms with E-state index in [0.29, 0.717) is 16.4 Å². The molecule has 0 heterocycles. The van der Waals surface area contributed by atoms with E-state index < -0.39 is 15.8 Å². The third-order valence-electron chi connectivity index (χ3n) is 5.28. The van der Waals surface area contributed by atoms with Crippen LogP contribution in [-0.4, -0.2) is 16.2 Å². The van der Waals surface area contributed by atoms with E-state index >= 15 is 0 Å². The predicted octanol–water partition coefficient (Wildman–Crippen LogP) is 5.14. The van der Waals surface area contributed by atoms with Crippen molar-refractivity contribution in [2.75, 3.05) is 0 Å². The Kier molecular flexibility index (Phi) is 6.45. The van der Waals surface area contributed by atoms with Gasteiger partial charge in [0.15, 0.2) is 0 Å². The first-order valence-electron chi connectivity index (χ1n) is 9.68. The summed E-state index contributed by atoms with van der Waals surface area (Å²) in [5.74, 6) is 0.0107. The number of rotatable bonds is 5. The van der Waals surface area contributed by atoms with Gasteiger partial charge in [-0.2, -0.15) is 0 Å². The number of nitrogens with one attached hydrogen (secondary N) is 1.